The number of carbonyl (C=O) groups is 2. The van der Waals surface area contributed by atoms with Crippen molar-refractivity contribution in [1.82, 2.24) is 5.32 Å². The van der Waals surface area contributed by atoms with Gasteiger partial charge in [-0.3, -0.25) is 9.59 Å². The van der Waals surface area contributed by atoms with Crippen LogP contribution in [-0.4, -0.2) is 18.4 Å². The van der Waals surface area contributed by atoms with Crippen molar-refractivity contribution < 1.29 is 18.4 Å². The molecule has 25 heavy (non-hydrogen) atoms. The molecule has 2 rings (SSSR count). The van der Waals surface area contributed by atoms with Gasteiger partial charge in [0.2, 0.25) is 5.91 Å². The molecule has 0 aliphatic rings. The van der Waals surface area contributed by atoms with Gasteiger partial charge >= 0.3 is 0 Å². The van der Waals surface area contributed by atoms with Crippen LogP contribution < -0.4 is 10.6 Å². The molecule has 0 fully saturated rings. The molecule has 0 radical (unpaired) electrons. The summed E-state index contributed by atoms with van der Waals surface area (Å²) in [5.41, 5.74) is 0.818. The van der Waals surface area contributed by atoms with E-state index in [0.29, 0.717) is 23.7 Å². The zero-order valence-electron chi connectivity index (χ0n) is 13.2. The van der Waals surface area contributed by atoms with E-state index in [4.69, 9.17) is 5.26 Å². The molecule has 0 heterocycles. The van der Waals surface area contributed by atoms with E-state index in [1.165, 1.54) is 0 Å². The number of halogens is 2. The van der Waals surface area contributed by atoms with Gasteiger partial charge in [0.05, 0.1) is 17.2 Å². The van der Waals surface area contributed by atoms with E-state index in [0.717, 1.165) is 12.1 Å². The molecule has 128 valence electrons. The van der Waals surface area contributed by atoms with Crippen LogP contribution >= 0.6 is 0 Å². The summed E-state index contributed by atoms with van der Waals surface area (Å²) < 4.78 is 26.2. The third-order valence-electron chi connectivity index (χ3n) is 3.34. The Morgan fingerprint density at radius 2 is 1.80 bits per heavy atom. The molecule has 0 spiro atoms. The first-order chi connectivity index (χ1) is 12.0. The number of anilines is 1. The summed E-state index contributed by atoms with van der Waals surface area (Å²) in [7, 11) is 0. The van der Waals surface area contributed by atoms with Gasteiger partial charge in [-0.15, -0.1) is 0 Å². The highest BCUT2D eigenvalue weighted by Crippen LogP contribution is 2.10. The largest absolute Gasteiger partial charge is 0.352 e. The number of carbonyl (C=O) groups excluding carboxylic acids is 2. The van der Waals surface area contributed by atoms with Gasteiger partial charge in [0.1, 0.15) is 11.6 Å². The maximum absolute atomic E-state index is 13.4. The quantitative estimate of drug-likeness (QED) is 0.791. The van der Waals surface area contributed by atoms with E-state index >= 15 is 0 Å². The van der Waals surface area contributed by atoms with E-state index < -0.39 is 17.5 Å². The summed E-state index contributed by atoms with van der Waals surface area (Å²) in [5, 5.41) is 13.8. The van der Waals surface area contributed by atoms with E-state index in [-0.39, 0.29) is 24.4 Å². The van der Waals surface area contributed by atoms with Gasteiger partial charge in [0.25, 0.3) is 5.91 Å². The summed E-state index contributed by atoms with van der Waals surface area (Å²) in [4.78, 5) is 23.6. The molecule has 5 nitrogen and oxygen atoms in total. The summed E-state index contributed by atoms with van der Waals surface area (Å²) in [6.07, 6.45) is 0.517. The SMILES string of the molecule is N#Cc1ccc(NC(=O)CCCNC(=O)c2ccc(F)cc2F)cc1. The lowest BCUT2D eigenvalue weighted by molar-refractivity contribution is -0.116. The molecule has 2 N–H and O–H groups in total. The molecule has 7 heteroatoms. The predicted molar refractivity (Wildman–Crippen MR) is 87.7 cm³/mol. The van der Waals surface area contributed by atoms with Gasteiger partial charge in [-0.25, -0.2) is 8.78 Å². The molecule has 0 atom stereocenters. The molecule has 0 saturated carbocycles. The van der Waals surface area contributed by atoms with Crippen molar-refractivity contribution in [2.75, 3.05) is 11.9 Å². The summed E-state index contributed by atoms with van der Waals surface area (Å²) in [6.45, 7) is 0.177. The molecule has 0 aromatic heterocycles. The predicted octanol–water partition coefficient (Wildman–Crippen LogP) is 2.99. The second kappa shape index (κ2) is 8.55. The summed E-state index contributed by atoms with van der Waals surface area (Å²) in [6, 6.07) is 11.1. The summed E-state index contributed by atoms with van der Waals surface area (Å²) >= 11 is 0. The van der Waals surface area contributed by atoms with Crippen LogP contribution in [0.3, 0.4) is 0 Å². The third-order valence-corrected chi connectivity index (χ3v) is 3.34. The van der Waals surface area contributed by atoms with Crippen molar-refractivity contribution in [1.29, 1.82) is 5.26 Å². The molecule has 2 aromatic carbocycles. The van der Waals surface area contributed by atoms with Crippen LogP contribution in [-0.2, 0) is 4.79 Å². The van der Waals surface area contributed by atoms with E-state index in [1.54, 1.807) is 24.3 Å². The Morgan fingerprint density at radius 3 is 2.44 bits per heavy atom. The average Bonchev–Trinajstić information content (AvgIpc) is 2.59. The summed E-state index contributed by atoms with van der Waals surface area (Å²) in [5.74, 6) is -2.60. The van der Waals surface area contributed by atoms with Gasteiger partial charge in [0, 0.05) is 24.7 Å². The minimum Gasteiger partial charge on any atom is -0.352 e. The molecule has 0 aliphatic heterocycles. The Bertz CT molecular complexity index is 814. The fraction of sp³-hybridized carbons (Fsp3) is 0.167. The minimum absolute atomic E-state index is 0.159. The smallest absolute Gasteiger partial charge is 0.254 e. The maximum Gasteiger partial charge on any atom is 0.254 e. The number of amides is 2. The van der Waals surface area contributed by atoms with Gasteiger partial charge in [-0.2, -0.15) is 5.26 Å². The fourth-order valence-corrected chi connectivity index (χ4v) is 2.07. The van der Waals surface area contributed by atoms with Gasteiger partial charge in [-0.1, -0.05) is 0 Å². The highest BCUT2D eigenvalue weighted by molar-refractivity contribution is 5.94. The molecule has 0 saturated heterocycles. The zero-order chi connectivity index (χ0) is 18.2. The van der Waals surface area contributed by atoms with Gasteiger partial charge in [0.15, 0.2) is 0 Å². The Hall–Kier alpha value is -3.27. The van der Waals surface area contributed by atoms with Crippen molar-refractivity contribution in [3.05, 3.63) is 65.2 Å². The lowest BCUT2D eigenvalue weighted by atomic mass is 10.2. The van der Waals surface area contributed by atoms with Gasteiger partial charge in [-0.05, 0) is 42.8 Å². The standard InChI is InChI=1S/C18H15F2N3O2/c19-13-5-8-15(16(20)10-13)18(25)22-9-1-2-17(24)23-14-6-3-12(11-21)4-7-14/h3-8,10H,1-2,9H2,(H,22,25)(H,23,24). The van der Waals surface area contributed by atoms with Crippen molar-refractivity contribution >= 4 is 17.5 Å². The zero-order valence-corrected chi connectivity index (χ0v) is 13.2. The maximum atomic E-state index is 13.4. The Labute approximate surface area is 143 Å². The van der Waals surface area contributed by atoms with Crippen LogP contribution in [0.4, 0.5) is 14.5 Å². The van der Waals surface area contributed by atoms with E-state index in [2.05, 4.69) is 10.6 Å². The minimum atomic E-state index is -0.934. The number of nitrogens with one attached hydrogen (secondary N) is 2. The Kier molecular flexibility index (Phi) is 6.18. The van der Waals surface area contributed by atoms with Crippen molar-refractivity contribution in [3.63, 3.8) is 0 Å². The Balaban J connectivity index is 1.73. The number of hydrogen-bond donors (Lipinski definition) is 2. The first kappa shape index (κ1) is 18.1. The average molecular weight is 343 g/mol. The van der Waals surface area contributed by atoms with Crippen LogP contribution in [0, 0.1) is 23.0 Å². The molecule has 0 aliphatic carbocycles. The number of rotatable bonds is 6. The van der Waals surface area contributed by atoms with Crippen molar-refractivity contribution in [2.45, 2.75) is 12.8 Å². The van der Waals surface area contributed by atoms with Crippen LogP contribution in [0.5, 0.6) is 0 Å². The normalized spacial score (nSPS) is 9.96. The number of nitrogens with zero attached hydrogens (tertiary/aromatic N) is 1. The molecular formula is C18H15F2N3O2. The molecule has 2 aromatic rings. The third kappa shape index (κ3) is 5.39. The molecule has 0 bridgehead atoms. The molecule has 0 unspecified atom stereocenters. The van der Waals surface area contributed by atoms with Crippen LogP contribution in [0.25, 0.3) is 0 Å². The monoisotopic (exact) mass is 343 g/mol. The number of nitriles is 1. The molecule has 2 amide bonds. The van der Waals surface area contributed by atoms with Crippen molar-refractivity contribution in [3.8, 4) is 6.07 Å². The van der Waals surface area contributed by atoms with Crippen LogP contribution in [0.15, 0.2) is 42.5 Å². The highest BCUT2D eigenvalue weighted by atomic mass is 19.1. The van der Waals surface area contributed by atoms with Crippen molar-refractivity contribution in [2.24, 2.45) is 0 Å². The van der Waals surface area contributed by atoms with E-state index in [9.17, 15) is 18.4 Å². The second-order valence-electron chi connectivity index (χ2n) is 5.22. The van der Waals surface area contributed by atoms with Gasteiger partial charge < -0.3 is 10.6 Å². The Morgan fingerprint density at radius 1 is 1.08 bits per heavy atom. The fourth-order valence-electron chi connectivity index (χ4n) is 2.07. The van der Waals surface area contributed by atoms with Crippen LogP contribution in [0.1, 0.15) is 28.8 Å². The first-order valence-electron chi connectivity index (χ1n) is 7.53. The second-order valence-corrected chi connectivity index (χ2v) is 5.22. The number of benzene rings is 2. The van der Waals surface area contributed by atoms with Crippen LogP contribution in [0.2, 0.25) is 0 Å². The lowest BCUT2D eigenvalue weighted by Gasteiger charge is -2.07. The molecular weight excluding hydrogens is 328 g/mol. The topological polar surface area (TPSA) is 82.0 Å². The first-order valence-corrected chi connectivity index (χ1v) is 7.53. The highest BCUT2D eigenvalue weighted by Gasteiger charge is 2.12. The van der Waals surface area contributed by atoms with E-state index in [1.807, 2.05) is 6.07 Å². The lowest BCUT2D eigenvalue weighted by Crippen LogP contribution is -2.26. The number of hydrogen-bond acceptors (Lipinski definition) is 3.